The van der Waals surface area contributed by atoms with Crippen molar-refractivity contribution in [1.29, 1.82) is 0 Å². The maximum atomic E-state index is 14.1. The van der Waals surface area contributed by atoms with E-state index in [-0.39, 0.29) is 29.8 Å². The summed E-state index contributed by atoms with van der Waals surface area (Å²) in [6.07, 6.45) is 2.97. The molecule has 3 amide bonds. The number of hydrogen-bond donors (Lipinski definition) is 0. The second kappa shape index (κ2) is 11.8. The number of rotatable bonds is 6. The SMILES string of the molecule is CCOC(=O)c1ccc(N2C(=O)C3Sc4c(sc(=O)n4CC(=O)N4CCCCC4)[C@H](c4cccc(Br)c4)C3C2=O)cc1. The second-order valence-corrected chi connectivity index (χ2v) is 13.5. The topological polar surface area (TPSA) is 106 Å². The average Bonchev–Trinajstić information content (AvgIpc) is 3.43. The van der Waals surface area contributed by atoms with Crippen molar-refractivity contribution in [2.45, 2.75) is 48.9 Å². The number of carbonyl (C=O) groups excluding carboxylic acids is 4. The molecule has 6 rings (SSSR count). The summed E-state index contributed by atoms with van der Waals surface area (Å²) in [5, 5.41) is -0.216. The Morgan fingerprint density at radius 2 is 1.74 bits per heavy atom. The summed E-state index contributed by atoms with van der Waals surface area (Å²) in [6, 6.07) is 13.8. The van der Waals surface area contributed by atoms with E-state index in [4.69, 9.17) is 4.74 Å². The van der Waals surface area contributed by atoms with Gasteiger partial charge in [0.05, 0.1) is 28.8 Å². The number of imide groups is 1. The number of thioether (sulfide) groups is 1. The van der Waals surface area contributed by atoms with Gasteiger partial charge in [-0.2, -0.15) is 0 Å². The standard InChI is InChI=1S/C30H28BrN3O6S2/c1-2-40-29(38)17-9-11-20(12-10-17)34-26(36)23-22(18-7-6-8-19(31)15-18)25-28(41-24(23)27(34)37)33(30(39)42-25)16-21(35)32-13-4-3-5-14-32/h6-12,15,22-24H,2-5,13-14,16H2,1H3/t22-,23?,24?/m1/s1. The van der Waals surface area contributed by atoms with Crippen LogP contribution in [0.3, 0.4) is 0 Å². The number of esters is 1. The summed E-state index contributed by atoms with van der Waals surface area (Å²) in [4.78, 5) is 70.1. The number of thiazole rings is 1. The van der Waals surface area contributed by atoms with Crippen LogP contribution in [0.1, 0.15) is 52.9 Å². The largest absolute Gasteiger partial charge is 0.462 e. The van der Waals surface area contributed by atoms with Crippen molar-refractivity contribution in [3.05, 3.63) is 78.7 Å². The fourth-order valence-electron chi connectivity index (χ4n) is 5.91. The molecule has 3 aliphatic rings. The van der Waals surface area contributed by atoms with Gasteiger partial charge in [0.25, 0.3) is 0 Å². The minimum atomic E-state index is -0.788. The molecule has 0 N–H and O–H groups in total. The van der Waals surface area contributed by atoms with Crippen LogP contribution in [0.5, 0.6) is 0 Å². The third kappa shape index (κ3) is 5.13. The molecule has 218 valence electrons. The minimum Gasteiger partial charge on any atom is -0.462 e. The molecule has 4 heterocycles. The average molecular weight is 671 g/mol. The van der Waals surface area contributed by atoms with E-state index in [0.29, 0.717) is 34.2 Å². The Morgan fingerprint density at radius 3 is 2.43 bits per heavy atom. The van der Waals surface area contributed by atoms with Gasteiger partial charge in [-0.05, 0) is 68.1 Å². The van der Waals surface area contributed by atoms with Crippen LogP contribution >= 0.6 is 39.0 Å². The van der Waals surface area contributed by atoms with Gasteiger partial charge < -0.3 is 9.64 Å². The Labute approximate surface area is 259 Å². The number of aromatic nitrogens is 1. The van der Waals surface area contributed by atoms with Gasteiger partial charge in [0.15, 0.2) is 0 Å². The number of carbonyl (C=O) groups is 4. The van der Waals surface area contributed by atoms with Crippen LogP contribution in [0.25, 0.3) is 0 Å². The van der Waals surface area contributed by atoms with E-state index in [1.54, 1.807) is 24.0 Å². The predicted octanol–water partition coefficient (Wildman–Crippen LogP) is 4.66. The zero-order valence-corrected chi connectivity index (χ0v) is 26.0. The van der Waals surface area contributed by atoms with E-state index < -0.39 is 29.0 Å². The zero-order chi connectivity index (χ0) is 29.5. The summed E-state index contributed by atoms with van der Waals surface area (Å²) >= 11 is 5.76. The first-order valence-electron chi connectivity index (χ1n) is 13.9. The van der Waals surface area contributed by atoms with Crippen LogP contribution in [-0.2, 0) is 25.7 Å². The molecule has 42 heavy (non-hydrogen) atoms. The molecule has 2 saturated heterocycles. The highest BCUT2D eigenvalue weighted by Gasteiger charge is 2.57. The summed E-state index contributed by atoms with van der Waals surface area (Å²) in [7, 11) is 0. The van der Waals surface area contributed by atoms with Gasteiger partial charge in [-0.25, -0.2) is 9.69 Å². The quantitative estimate of drug-likeness (QED) is 0.278. The van der Waals surface area contributed by atoms with Gasteiger partial charge >= 0.3 is 10.8 Å². The molecule has 9 nitrogen and oxygen atoms in total. The van der Waals surface area contributed by atoms with Crippen molar-refractivity contribution >= 4 is 68.4 Å². The van der Waals surface area contributed by atoms with E-state index in [1.165, 1.54) is 33.4 Å². The number of nitrogens with zero attached hydrogens (tertiary/aromatic N) is 3. The lowest BCUT2D eigenvalue weighted by Crippen LogP contribution is -2.39. The van der Waals surface area contributed by atoms with Crippen LogP contribution in [-0.4, -0.2) is 58.1 Å². The maximum absolute atomic E-state index is 14.1. The van der Waals surface area contributed by atoms with Crippen LogP contribution in [0.4, 0.5) is 5.69 Å². The molecular formula is C30H28BrN3O6S2. The Morgan fingerprint density at radius 1 is 1.00 bits per heavy atom. The first kappa shape index (κ1) is 28.9. The highest BCUT2D eigenvalue weighted by Crippen LogP contribution is 2.54. The van der Waals surface area contributed by atoms with E-state index in [9.17, 15) is 24.0 Å². The van der Waals surface area contributed by atoms with E-state index >= 15 is 0 Å². The summed E-state index contributed by atoms with van der Waals surface area (Å²) in [5.74, 6) is -2.66. The smallest absolute Gasteiger partial charge is 0.338 e. The van der Waals surface area contributed by atoms with Crippen molar-refractivity contribution in [2.75, 3.05) is 24.6 Å². The number of fused-ring (bicyclic) bond motifs is 2. The number of benzene rings is 2. The Hall–Kier alpha value is -3.22. The highest BCUT2D eigenvalue weighted by atomic mass is 79.9. The monoisotopic (exact) mass is 669 g/mol. The maximum Gasteiger partial charge on any atom is 0.338 e. The minimum absolute atomic E-state index is 0.0958. The molecule has 0 bridgehead atoms. The number of likely N-dealkylation sites (tertiary alicyclic amines) is 1. The molecule has 2 unspecified atom stereocenters. The Balaban J connectivity index is 1.39. The van der Waals surface area contributed by atoms with Crippen molar-refractivity contribution in [2.24, 2.45) is 5.92 Å². The molecule has 0 aliphatic carbocycles. The molecule has 3 atom stereocenters. The Kier molecular flexibility index (Phi) is 8.12. The van der Waals surface area contributed by atoms with E-state index in [2.05, 4.69) is 15.9 Å². The highest BCUT2D eigenvalue weighted by molar-refractivity contribution is 9.10. The Bertz CT molecular complexity index is 1630. The molecule has 2 aromatic carbocycles. The number of anilines is 1. The van der Waals surface area contributed by atoms with Gasteiger partial charge in [-0.15, -0.1) is 0 Å². The lowest BCUT2D eigenvalue weighted by molar-refractivity contribution is -0.133. The third-order valence-corrected chi connectivity index (χ3v) is 11.0. The fourth-order valence-corrected chi connectivity index (χ4v) is 9.10. The molecule has 3 aliphatic heterocycles. The number of amides is 3. The van der Waals surface area contributed by atoms with Gasteiger partial charge in [0.1, 0.15) is 11.8 Å². The predicted molar refractivity (Wildman–Crippen MR) is 163 cm³/mol. The molecule has 0 radical (unpaired) electrons. The van der Waals surface area contributed by atoms with E-state index in [1.807, 2.05) is 24.3 Å². The number of piperidine rings is 1. The van der Waals surface area contributed by atoms with Gasteiger partial charge in [0.2, 0.25) is 17.7 Å². The molecule has 3 aromatic rings. The van der Waals surface area contributed by atoms with Crippen LogP contribution in [0.2, 0.25) is 0 Å². The lowest BCUT2D eigenvalue weighted by atomic mass is 9.83. The summed E-state index contributed by atoms with van der Waals surface area (Å²) in [5.41, 5.74) is 1.49. The molecule has 0 saturated carbocycles. The van der Waals surface area contributed by atoms with Gasteiger partial charge in [0, 0.05) is 28.4 Å². The lowest BCUT2D eigenvalue weighted by Gasteiger charge is -2.31. The first-order valence-corrected chi connectivity index (χ1v) is 16.4. The van der Waals surface area contributed by atoms with Crippen LogP contribution < -0.4 is 9.77 Å². The zero-order valence-electron chi connectivity index (χ0n) is 22.8. The molecule has 0 spiro atoms. The number of ether oxygens (including phenoxy) is 1. The van der Waals surface area contributed by atoms with Crippen LogP contribution in [0, 0.1) is 5.92 Å². The number of hydrogen-bond acceptors (Lipinski definition) is 8. The fraction of sp³-hybridized carbons (Fsp3) is 0.367. The summed E-state index contributed by atoms with van der Waals surface area (Å²) < 4.78 is 7.35. The molecule has 1 aromatic heterocycles. The van der Waals surface area contributed by atoms with E-state index in [0.717, 1.165) is 40.6 Å². The molecule has 12 heteroatoms. The molecular weight excluding hydrogens is 642 g/mol. The van der Waals surface area contributed by atoms with Crippen molar-refractivity contribution in [3.8, 4) is 0 Å². The van der Waals surface area contributed by atoms with Crippen molar-refractivity contribution in [1.82, 2.24) is 9.47 Å². The van der Waals surface area contributed by atoms with Crippen molar-refractivity contribution < 1.29 is 23.9 Å². The third-order valence-electron chi connectivity index (χ3n) is 7.90. The van der Waals surface area contributed by atoms with Gasteiger partial charge in [-0.3, -0.25) is 23.7 Å². The molecule has 2 fully saturated rings. The normalized spacial score (nSPS) is 21.7. The van der Waals surface area contributed by atoms with Gasteiger partial charge in [-0.1, -0.05) is 51.2 Å². The summed E-state index contributed by atoms with van der Waals surface area (Å²) in [6.45, 7) is 3.21. The van der Waals surface area contributed by atoms with Crippen molar-refractivity contribution in [3.63, 3.8) is 0 Å². The van der Waals surface area contributed by atoms with Crippen LogP contribution in [0.15, 0.2) is 62.8 Å². The second-order valence-electron chi connectivity index (χ2n) is 10.4. The number of halogens is 1. The first-order chi connectivity index (χ1) is 20.3.